The highest BCUT2D eigenvalue weighted by atomic mass is 32.3. The molecule has 0 saturated heterocycles. The fourth-order valence-corrected chi connectivity index (χ4v) is 5.86. The summed E-state index contributed by atoms with van der Waals surface area (Å²) in [5.74, 6) is -1.25. The number of phenolic OH excluding ortho intramolecular Hbond substituents is 1. The summed E-state index contributed by atoms with van der Waals surface area (Å²) in [6.45, 7) is -0.883. The van der Waals surface area contributed by atoms with E-state index in [-0.39, 0.29) is 37.6 Å². The van der Waals surface area contributed by atoms with Crippen molar-refractivity contribution in [3.8, 4) is 5.75 Å². The molecule has 0 heterocycles. The number of anilines is 1. The highest BCUT2D eigenvalue weighted by Gasteiger charge is 2.22. The number of sulfone groups is 1. The van der Waals surface area contributed by atoms with Crippen LogP contribution in [-0.2, 0) is 43.9 Å². The van der Waals surface area contributed by atoms with Crippen molar-refractivity contribution in [3.05, 3.63) is 42.5 Å². The van der Waals surface area contributed by atoms with Gasteiger partial charge in [-0.3, -0.25) is 9.11 Å². The van der Waals surface area contributed by atoms with Crippen LogP contribution in [-0.4, -0.2) is 57.1 Å². The van der Waals surface area contributed by atoms with Gasteiger partial charge in [0.2, 0.25) is 0 Å². The minimum atomic E-state index is -4.86. The second-order valence-electron chi connectivity index (χ2n) is 7.11. The van der Waals surface area contributed by atoms with E-state index in [1.807, 2.05) is 0 Å². The third-order valence-electron chi connectivity index (χ3n) is 4.69. The highest BCUT2D eigenvalue weighted by Crippen LogP contribution is 2.41. The van der Waals surface area contributed by atoms with Crippen molar-refractivity contribution in [2.75, 3.05) is 18.1 Å². The minimum Gasteiger partial charge on any atom is -0.507 e. The van der Waals surface area contributed by atoms with Gasteiger partial charge in [-0.1, -0.05) is 17.2 Å². The maximum Gasteiger partial charge on any atom is 0.397 e. The lowest BCUT2D eigenvalue weighted by molar-refractivity contribution is -0.432. The summed E-state index contributed by atoms with van der Waals surface area (Å²) in [6, 6.07) is 7.96. The van der Waals surface area contributed by atoms with Crippen LogP contribution in [0.3, 0.4) is 0 Å². The van der Waals surface area contributed by atoms with E-state index in [2.05, 4.69) is 23.8 Å². The molecule has 0 saturated carbocycles. The molecule has 0 unspecified atom stereocenters. The maximum atomic E-state index is 12.5. The Morgan fingerprint density at radius 3 is 2.26 bits per heavy atom. The van der Waals surface area contributed by atoms with E-state index in [9.17, 15) is 34.9 Å². The van der Waals surface area contributed by atoms with Gasteiger partial charge in [-0.25, -0.2) is 17.9 Å². The zero-order valence-electron chi connectivity index (χ0n) is 18.5. The number of rotatable bonds is 11. The Balaban J connectivity index is 2.06. The van der Waals surface area contributed by atoms with Crippen molar-refractivity contribution in [1.82, 2.24) is 0 Å². The fraction of sp³-hybridized carbons (Fsp3) is 0.111. The molecule has 0 spiro atoms. The van der Waals surface area contributed by atoms with Crippen molar-refractivity contribution in [3.63, 3.8) is 0 Å². The molecule has 206 valence electrons. The summed E-state index contributed by atoms with van der Waals surface area (Å²) in [5.41, 5.74) is 5.45. The molecule has 20 heteroatoms. The van der Waals surface area contributed by atoms with Gasteiger partial charge in [0, 0.05) is 5.39 Å². The molecule has 0 aliphatic heterocycles. The van der Waals surface area contributed by atoms with Crippen molar-refractivity contribution in [1.29, 1.82) is 0 Å². The first-order chi connectivity index (χ1) is 17.6. The molecule has 38 heavy (non-hydrogen) atoms. The molecule has 0 bridgehead atoms. The SMILES string of the molecule is Nc1c(N=Nc2ccc(S(=O)(=O)CCOS(=O)(=O)O)cc2SOOO)cc(S(=O)(=O)O)c2cccc(O)c12. The van der Waals surface area contributed by atoms with Crippen molar-refractivity contribution >= 4 is 70.2 Å². The van der Waals surface area contributed by atoms with Crippen LogP contribution in [0.1, 0.15) is 0 Å². The Bertz CT molecular complexity index is 1720. The molecule has 16 nitrogen and oxygen atoms in total. The number of nitrogen functional groups attached to an aromatic ring is 1. The van der Waals surface area contributed by atoms with Gasteiger partial charge in [0.1, 0.15) is 22.0 Å². The van der Waals surface area contributed by atoms with Gasteiger partial charge < -0.3 is 10.8 Å². The number of fused-ring (bicyclic) bond motifs is 1. The Kier molecular flexibility index (Phi) is 8.93. The number of hydrogen-bond acceptors (Lipinski definition) is 15. The lowest BCUT2D eigenvalue weighted by Crippen LogP contribution is -2.15. The second kappa shape index (κ2) is 11.4. The topological polar surface area (TPSA) is 262 Å². The number of aromatic hydroxyl groups is 1. The van der Waals surface area contributed by atoms with Gasteiger partial charge in [-0.15, -0.1) is 14.6 Å². The van der Waals surface area contributed by atoms with Crippen LogP contribution in [0.2, 0.25) is 0 Å². The maximum absolute atomic E-state index is 12.5. The van der Waals surface area contributed by atoms with E-state index in [1.54, 1.807) is 0 Å². The average Bonchev–Trinajstić information content (AvgIpc) is 2.80. The smallest absolute Gasteiger partial charge is 0.397 e. The number of nitrogens with two attached hydrogens (primary N) is 1. The van der Waals surface area contributed by atoms with Crippen molar-refractivity contribution in [2.45, 2.75) is 14.7 Å². The monoisotopic (exact) mass is 611 g/mol. The summed E-state index contributed by atoms with van der Waals surface area (Å²) in [5, 5.41) is 29.7. The summed E-state index contributed by atoms with van der Waals surface area (Å²) in [6.07, 6.45) is 0. The largest absolute Gasteiger partial charge is 0.507 e. The molecule has 0 aromatic heterocycles. The molecule has 0 fully saturated rings. The number of nitrogens with zero attached hydrogens (tertiary/aromatic N) is 2. The van der Waals surface area contributed by atoms with Crippen LogP contribution in [0.5, 0.6) is 5.75 Å². The normalized spacial score (nSPS) is 12.9. The molecule has 0 atom stereocenters. The average molecular weight is 612 g/mol. The Labute approximate surface area is 219 Å². The zero-order chi connectivity index (χ0) is 28.3. The van der Waals surface area contributed by atoms with Gasteiger partial charge >= 0.3 is 10.4 Å². The molecule has 3 rings (SSSR count). The molecule has 0 aliphatic rings. The molecular formula is C18H17N3O13S4. The minimum absolute atomic E-state index is 0.0822. The first kappa shape index (κ1) is 29.6. The number of phenols is 1. The Hall–Kier alpha value is -2.92. The molecule has 3 aromatic rings. The lowest BCUT2D eigenvalue weighted by atomic mass is 10.1. The summed E-state index contributed by atoms with van der Waals surface area (Å²) >= 11 is 0.292. The van der Waals surface area contributed by atoms with E-state index in [4.69, 9.17) is 15.5 Å². The third kappa shape index (κ3) is 7.13. The molecule has 3 aromatic carbocycles. The van der Waals surface area contributed by atoms with Crippen LogP contribution in [0.4, 0.5) is 17.1 Å². The van der Waals surface area contributed by atoms with Crippen molar-refractivity contribution in [2.24, 2.45) is 10.2 Å². The van der Waals surface area contributed by atoms with Crippen molar-refractivity contribution < 1.29 is 58.3 Å². The fourth-order valence-electron chi connectivity index (χ4n) is 3.10. The van der Waals surface area contributed by atoms with Gasteiger partial charge in [-0.05, 0) is 30.3 Å². The first-order valence-corrected chi connectivity index (χ1v) is 14.9. The molecule has 6 N–H and O–H groups in total. The molecule has 0 aliphatic carbocycles. The Morgan fingerprint density at radius 1 is 0.947 bits per heavy atom. The van der Waals surface area contributed by atoms with E-state index in [1.165, 1.54) is 18.2 Å². The van der Waals surface area contributed by atoms with Crippen LogP contribution < -0.4 is 5.73 Å². The van der Waals surface area contributed by atoms with Crippen LogP contribution >= 0.6 is 12.0 Å². The summed E-state index contributed by atoms with van der Waals surface area (Å²) in [4.78, 5) is -1.10. The predicted octanol–water partition coefficient (Wildman–Crippen LogP) is 2.81. The number of benzene rings is 3. The third-order valence-corrected chi connectivity index (χ3v) is 8.36. The lowest BCUT2D eigenvalue weighted by Gasteiger charge is -2.11. The van der Waals surface area contributed by atoms with E-state index in [0.29, 0.717) is 12.0 Å². The van der Waals surface area contributed by atoms with E-state index >= 15 is 0 Å². The van der Waals surface area contributed by atoms with Crippen LogP contribution in [0.25, 0.3) is 10.8 Å². The molecular weight excluding hydrogens is 594 g/mol. The van der Waals surface area contributed by atoms with E-state index in [0.717, 1.165) is 24.3 Å². The van der Waals surface area contributed by atoms with Gasteiger partial charge in [0.15, 0.2) is 9.84 Å². The quantitative estimate of drug-likeness (QED) is 0.0521. The van der Waals surface area contributed by atoms with Gasteiger partial charge in [-0.2, -0.15) is 16.8 Å². The predicted molar refractivity (Wildman–Crippen MR) is 131 cm³/mol. The van der Waals surface area contributed by atoms with Crippen LogP contribution in [0, 0.1) is 0 Å². The summed E-state index contributed by atoms with van der Waals surface area (Å²) in [7, 11) is -13.8. The summed E-state index contributed by atoms with van der Waals surface area (Å²) < 4.78 is 96.7. The zero-order valence-corrected chi connectivity index (χ0v) is 21.8. The van der Waals surface area contributed by atoms with E-state index < -0.39 is 53.4 Å². The van der Waals surface area contributed by atoms with Gasteiger partial charge in [0.25, 0.3) is 10.1 Å². The first-order valence-electron chi connectivity index (χ1n) is 9.71. The molecule has 0 radical (unpaired) electrons. The second-order valence-corrected chi connectivity index (χ2v) is 12.4. The standard InChI is InChI=1S/C18H17N3O13S4/c19-18-13(9-16(37(26,27)28)11-2-1-3-14(22)17(11)18)21-20-12-5-4-10(8-15(12)35-34-33-23)36(24,25)7-6-32-38(29,30)31/h1-5,8-9,22-23H,6-7,19H2,(H,26,27,28)(H,29,30,31). The Morgan fingerprint density at radius 2 is 1.63 bits per heavy atom. The van der Waals surface area contributed by atoms with Gasteiger partial charge in [0.05, 0.1) is 45.3 Å². The van der Waals surface area contributed by atoms with Crippen LogP contribution in [0.15, 0.2) is 67.4 Å². The molecule has 0 amide bonds. The highest BCUT2D eigenvalue weighted by molar-refractivity contribution is 7.95. The number of azo groups is 1. The number of hydrogen-bond donors (Lipinski definition) is 5.